The largest absolute Gasteiger partial charge is 0.468 e. The van der Waals surface area contributed by atoms with Crippen molar-refractivity contribution in [2.24, 2.45) is 10.8 Å². The van der Waals surface area contributed by atoms with Crippen molar-refractivity contribution in [3.8, 4) is 32.5 Å². The Morgan fingerprint density at radius 3 is 1.19 bits per heavy atom. The second kappa shape index (κ2) is 12.9. The smallest absolute Gasteiger partial charge is 0.323 e. The molecule has 4 aromatic rings. The van der Waals surface area contributed by atoms with Gasteiger partial charge in [0.2, 0.25) is 0 Å². The highest BCUT2D eigenvalue weighted by atomic mass is 32.1. The highest BCUT2D eigenvalue weighted by Gasteiger charge is 2.56. The molecule has 4 aromatic heterocycles. The Hall–Kier alpha value is -4.42. The van der Waals surface area contributed by atoms with Crippen LogP contribution in [0.3, 0.4) is 0 Å². The molecule has 0 saturated carbocycles. The van der Waals surface area contributed by atoms with Gasteiger partial charge in [-0.25, -0.2) is 9.97 Å². The number of fused-ring (bicyclic) bond motifs is 2. The molecule has 6 rings (SSSR count). The number of rotatable bonds is 9. The number of aromatic nitrogens is 2. The molecule has 0 bridgehead atoms. The van der Waals surface area contributed by atoms with Gasteiger partial charge in [-0.1, -0.05) is 26.0 Å². The predicted molar refractivity (Wildman–Crippen MR) is 181 cm³/mol. The number of methoxy groups -OCH3 is 4. The number of thiophene rings is 2. The molecule has 12 heteroatoms. The fraction of sp³-hybridized carbons (Fsp3) is 0.389. The maximum absolute atomic E-state index is 13.5. The minimum Gasteiger partial charge on any atom is -0.468 e. The number of carbonyl (C=O) groups excluding carboxylic acids is 4. The third kappa shape index (κ3) is 4.95. The lowest BCUT2D eigenvalue weighted by Crippen LogP contribution is -2.42. The van der Waals surface area contributed by atoms with E-state index in [1.54, 1.807) is 0 Å². The first-order valence-electron chi connectivity index (χ1n) is 15.7. The first kappa shape index (κ1) is 33.5. The molecule has 0 unspecified atom stereocenters. The molecule has 0 aromatic carbocycles. The van der Waals surface area contributed by atoms with Crippen LogP contribution in [0.25, 0.3) is 32.5 Å². The lowest BCUT2D eigenvalue weighted by atomic mass is 9.84. The Bertz CT molecular complexity index is 1760. The average Bonchev–Trinajstić information content (AvgIpc) is 3.94. The van der Waals surface area contributed by atoms with Crippen LogP contribution in [-0.4, -0.2) is 62.3 Å². The minimum absolute atomic E-state index is 0.0127. The van der Waals surface area contributed by atoms with Gasteiger partial charge < -0.3 is 18.9 Å². The Morgan fingerprint density at radius 1 is 0.583 bits per heavy atom. The van der Waals surface area contributed by atoms with Crippen LogP contribution in [0.2, 0.25) is 0 Å². The fourth-order valence-electron chi connectivity index (χ4n) is 7.48. The number of ether oxygens (including phenoxy) is 4. The van der Waals surface area contributed by atoms with Crippen LogP contribution in [0.15, 0.2) is 35.0 Å². The van der Waals surface area contributed by atoms with Crippen LogP contribution in [0.5, 0.6) is 0 Å². The second-order valence-corrected chi connectivity index (χ2v) is 13.9. The first-order chi connectivity index (χ1) is 23.1. The van der Waals surface area contributed by atoms with Crippen LogP contribution in [0.4, 0.5) is 0 Å². The lowest BCUT2D eigenvalue weighted by Gasteiger charge is -2.23. The topological polar surface area (TPSA) is 131 Å². The van der Waals surface area contributed by atoms with Gasteiger partial charge in [-0.2, -0.15) is 0 Å². The van der Waals surface area contributed by atoms with E-state index in [0.29, 0.717) is 35.4 Å². The molecule has 0 radical (unpaired) electrons. The van der Waals surface area contributed by atoms with Gasteiger partial charge in [0.25, 0.3) is 0 Å². The summed E-state index contributed by atoms with van der Waals surface area (Å²) in [5, 5.41) is 3.94. The third-order valence-corrected chi connectivity index (χ3v) is 11.5. The third-order valence-electron chi connectivity index (χ3n) is 9.71. The number of hydrogen-bond donors (Lipinski definition) is 0. The molecular formula is C36H36N2O8S2. The zero-order valence-corrected chi connectivity index (χ0v) is 29.3. The average molecular weight is 689 g/mol. The SMILES string of the molecule is CCc1c(-c2cccs2)nc(-c2nc(-c3cccs3)c(CC)c3c2CC(C(=O)OC)(C(=O)OC)C3)c2c1CC(C(=O)OC)(C(=O)OC)C2. The van der Waals surface area contributed by atoms with Gasteiger partial charge in [-0.3, -0.25) is 19.2 Å². The number of carbonyl (C=O) groups is 4. The lowest BCUT2D eigenvalue weighted by molar-refractivity contribution is -0.170. The molecule has 2 aliphatic carbocycles. The Kier molecular flexibility index (Phi) is 8.99. The van der Waals surface area contributed by atoms with E-state index in [4.69, 9.17) is 28.9 Å². The molecular weight excluding hydrogens is 653 g/mol. The second-order valence-electron chi connectivity index (χ2n) is 12.0. The molecule has 10 nitrogen and oxygen atoms in total. The van der Waals surface area contributed by atoms with Gasteiger partial charge in [-0.15, -0.1) is 22.7 Å². The summed E-state index contributed by atoms with van der Waals surface area (Å²) in [6.45, 7) is 4.04. The van der Waals surface area contributed by atoms with E-state index in [1.807, 2.05) is 48.9 Å². The van der Waals surface area contributed by atoms with Crippen molar-refractivity contribution in [3.63, 3.8) is 0 Å². The maximum Gasteiger partial charge on any atom is 0.323 e. The van der Waals surface area contributed by atoms with Crippen LogP contribution < -0.4 is 0 Å². The van der Waals surface area contributed by atoms with Crippen molar-refractivity contribution in [3.05, 3.63) is 68.4 Å². The molecule has 0 fully saturated rings. The Labute approximate surface area is 286 Å². The summed E-state index contributed by atoms with van der Waals surface area (Å²) in [4.78, 5) is 66.4. The molecule has 4 heterocycles. The number of esters is 4. The summed E-state index contributed by atoms with van der Waals surface area (Å²) in [5.74, 6) is -2.76. The van der Waals surface area contributed by atoms with Gasteiger partial charge in [-0.05, 0) is 69.1 Å². The van der Waals surface area contributed by atoms with Crippen molar-refractivity contribution in [1.29, 1.82) is 0 Å². The van der Waals surface area contributed by atoms with Crippen molar-refractivity contribution in [2.45, 2.75) is 52.4 Å². The monoisotopic (exact) mass is 688 g/mol. The van der Waals surface area contributed by atoms with Crippen LogP contribution in [-0.2, 0) is 76.7 Å². The number of hydrogen-bond acceptors (Lipinski definition) is 12. The summed E-state index contributed by atoms with van der Waals surface area (Å²) in [7, 11) is 5.05. The highest BCUT2D eigenvalue weighted by molar-refractivity contribution is 7.13. The Morgan fingerprint density at radius 2 is 0.917 bits per heavy atom. The molecule has 0 amide bonds. The molecule has 0 saturated heterocycles. The highest BCUT2D eigenvalue weighted by Crippen LogP contribution is 2.51. The molecule has 0 N–H and O–H groups in total. The van der Waals surface area contributed by atoms with E-state index < -0.39 is 34.7 Å². The molecule has 0 aliphatic heterocycles. The first-order valence-corrected chi connectivity index (χ1v) is 17.4. The summed E-state index contributed by atoms with van der Waals surface area (Å²) in [5.41, 5.74) is 4.05. The van der Waals surface area contributed by atoms with Crippen LogP contribution in [0.1, 0.15) is 47.2 Å². The molecule has 0 atom stereocenters. The fourth-order valence-corrected chi connectivity index (χ4v) is 8.97. The van der Waals surface area contributed by atoms with E-state index in [2.05, 4.69) is 0 Å². The van der Waals surface area contributed by atoms with Gasteiger partial charge in [0.05, 0.1) is 61.0 Å². The van der Waals surface area contributed by atoms with Gasteiger partial charge in [0.15, 0.2) is 10.8 Å². The van der Waals surface area contributed by atoms with Crippen molar-refractivity contribution >= 4 is 46.6 Å². The summed E-state index contributed by atoms with van der Waals surface area (Å²) >= 11 is 3.07. The zero-order chi connectivity index (χ0) is 34.4. The molecule has 250 valence electrons. The van der Waals surface area contributed by atoms with E-state index in [1.165, 1.54) is 51.1 Å². The molecule has 0 spiro atoms. The maximum atomic E-state index is 13.5. The normalized spacial score (nSPS) is 15.4. The number of nitrogens with zero attached hydrogens (tertiary/aromatic N) is 2. The van der Waals surface area contributed by atoms with E-state index in [0.717, 1.165) is 43.4 Å². The quantitative estimate of drug-likeness (QED) is 0.125. The van der Waals surface area contributed by atoms with Crippen molar-refractivity contribution < 1.29 is 38.1 Å². The predicted octanol–water partition coefficient (Wildman–Crippen LogP) is 5.59. The summed E-state index contributed by atoms with van der Waals surface area (Å²) in [6, 6.07) is 7.87. The van der Waals surface area contributed by atoms with Crippen molar-refractivity contribution in [2.75, 3.05) is 28.4 Å². The zero-order valence-electron chi connectivity index (χ0n) is 27.7. The molecule has 48 heavy (non-hydrogen) atoms. The van der Waals surface area contributed by atoms with Gasteiger partial charge in [0.1, 0.15) is 0 Å². The summed E-state index contributed by atoms with van der Waals surface area (Å²) < 4.78 is 20.9. The van der Waals surface area contributed by atoms with E-state index in [-0.39, 0.29) is 25.7 Å². The van der Waals surface area contributed by atoms with Crippen LogP contribution >= 0.6 is 22.7 Å². The standard InChI is InChI=1S/C36H36N2O8S2/c1-7-19-21-15-35(31(39)43-3,32(40)44-4)17-23(21)29(37-27(19)25-11-9-13-47-25)30-24-18-36(33(41)45-5,34(42)46-6)16-22(24)20(8-2)28(38-30)26-12-10-14-48-26/h9-14H,7-8,15-18H2,1-6H3. The van der Waals surface area contributed by atoms with Crippen LogP contribution in [0, 0.1) is 10.8 Å². The van der Waals surface area contributed by atoms with Crippen molar-refractivity contribution in [1.82, 2.24) is 9.97 Å². The van der Waals surface area contributed by atoms with Gasteiger partial charge in [0, 0.05) is 25.7 Å². The van der Waals surface area contributed by atoms with E-state index in [9.17, 15) is 19.2 Å². The van der Waals surface area contributed by atoms with Gasteiger partial charge >= 0.3 is 23.9 Å². The minimum atomic E-state index is -1.62. The van der Waals surface area contributed by atoms with E-state index >= 15 is 0 Å². The number of pyridine rings is 2. The molecule has 2 aliphatic rings. The Balaban J connectivity index is 1.73. The summed E-state index contributed by atoms with van der Waals surface area (Å²) in [6.07, 6.45) is 1.30.